The monoisotopic (exact) mass is 358 g/mol. The lowest BCUT2D eigenvalue weighted by Gasteiger charge is -2.44. The van der Waals surface area contributed by atoms with Crippen LogP contribution in [0.15, 0.2) is 22.6 Å². The van der Waals surface area contributed by atoms with Crippen LogP contribution in [0.25, 0.3) is 11.1 Å². The lowest BCUT2D eigenvalue weighted by Crippen LogP contribution is -2.53. The fourth-order valence-electron chi connectivity index (χ4n) is 4.41. The van der Waals surface area contributed by atoms with Crippen LogP contribution in [0.4, 0.5) is 4.79 Å². The fourth-order valence-corrected chi connectivity index (χ4v) is 4.41. The molecule has 1 amide bonds. The minimum Gasteiger partial charge on any atom is -0.444 e. The Balaban J connectivity index is 1.59. The number of carbonyl (C=O) groups is 1. The molecule has 2 saturated heterocycles. The molecule has 140 valence electrons. The number of benzene rings is 1. The number of amides is 1. The molecule has 0 radical (unpaired) electrons. The third kappa shape index (κ3) is 2.96. The van der Waals surface area contributed by atoms with Gasteiger partial charge in [0.25, 0.3) is 0 Å². The zero-order valence-electron chi connectivity index (χ0n) is 15.8. The summed E-state index contributed by atoms with van der Waals surface area (Å²) in [5.41, 5.74) is 0.865. The van der Waals surface area contributed by atoms with Crippen molar-refractivity contribution in [2.75, 3.05) is 0 Å². The first-order chi connectivity index (χ1) is 12.1. The molecule has 2 aliphatic heterocycles. The number of hydrogen-bond acceptors (Lipinski definition) is 5. The highest BCUT2D eigenvalue weighted by atomic mass is 16.6. The summed E-state index contributed by atoms with van der Waals surface area (Å²) in [4.78, 5) is 18.8. The standard InChI is InChI=1S/C20H26N2O4/c1-12-21-16-9-13(5-8-17(16)25-12)20(24)10-14-6-7-15(11-20)22(14)18(23)26-19(2,3)4/h5,8-9,14-15,24H,6-7,10-11H2,1-4H3. The second-order valence-electron chi connectivity index (χ2n) is 8.63. The molecule has 1 aromatic heterocycles. The number of aliphatic hydroxyl groups is 1. The van der Waals surface area contributed by atoms with E-state index in [9.17, 15) is 9.90 Å². The Labute approximate surface area is 153 Å². The smallest absolute Gasteiger partial charge is 0.410 e. The van der Waals surface area contributed by atoms with E-state index >= 15 is 0 Å². The Kier molecular flexibility index (Phi) is 3.81. The van der Waals surface area contributed by atoms with E-state index in [1.165, 1.54) is 0 Å². The Bertz CT molecular complexity index is 837. The van der Waals surface area contributed by atoms with Gasteiger partial charge in [0.1, 0.15) is 11.1 Å². The molecule has 2 fully saturated rings. The maximum atomic E-state index is 12.6. The van der Waals surface area contributed by atoms with E-state index in [4.69, 9.17) is 9.15 Å². The molecule has 1 aromatic carbocycles. The highest BCUT2D eigenvalue weighted by molar-refractivity contribution is 5.74. The summed E-state index contributed by atoms with van der Waals surface area (Å²) in [6.07, 6.45) is 2.57. The molecule has 0 aliphatic carbocycles. The molecule has 4 rings (SSSR count). The van der Waals surface area contributed by atoms with Crippen molar-refractivity contribution in [2.24, 2.45) is 0 Å². The van der Waals surface area contributed by atoms with Crippen molar-refractivity contribution in [3.05, 3.63) is 29.7 Å². The Morgan fingerprint density at radius 3 is 2.58 bits per heavy atom. The summed E-state index contributed by atoms with van der Waals surface area (Å²) in [6.45, 7) is 7.45. The van der Waals surface area contributed by atoms with E-state index in [1.807, 2.05) is 50.8 Å². The van der Waals surface area contributed by atoms with Crippen molar-refractivity contribution in [2.45, 2.75) is 76.7 Å². The minimum atomic E-state index is -0.953. The topological polar surface area (TPSA) is 75.8 Å². The molecule has 6 nitrogen and oxygen atoms in total. The Hall–Kier alpha value is -2.08. The van der Waals surface area contributed by atoms with Crippen molar-refractivity contribution in [1.29, 1.82) is 0 Å². The molecule has 6 heteroatoms. The highest BCUT2D eigenvalue weighted by Gasteiger charge is 2.51. The van der Waals surface area contributed by atoms with Crippen molar-refractivity contribution >= 4 is 17.2 Å². The van der Waals surface area contributed by atoms with Crippen LogP contribution < -0.4 is 0 Å². The number of oxazole rings is 1. The summed E-state index contributed by atoms with van der Waals surface area (Å²) in [5.74, 6) is 0.615. The summed E-state index contributed by atoms with van der Waals surface area (Å²) < 4.78 is 11.1. The second-order valence-corrected chi connectivity index (χ2v) is 8.63. The van der Waals surface area contributed by atoms with Crippen molar-refractivity contribution < 1.29 is 19.1 Å². The fraction of sp³-hybridized carbons (Fsp3) is 0.600. The van der Waals surface area contributed by atoms with Crippen LogP contribution in [0.2, 0.25) is 0 Å². The van der Waals surface area contributed by atoms with Gasteiger partial charge in [-0.2, -0.15) is 0 Å². The van der Waals surface area contributed by atoms with Crippen LogP contribution >= 0.6 is 0 Å². The van der Waals surface area contributed by atoms with Gasteiger partial charge >= 0.3 is 6.09 Å². The maximum absolute atomic E-state index is 12.6. The van der Waals surface area contributed by atoms with E-state index < -0.39 is 11.2 Å². The number of aromatic nitrogens is 1. The molecule has 1 N–H and O–H groups in total. The van der Waals surface area contributed by atoms with E-state index in [1.54, 1.807) is 0 Å². The highest BCUT2D eigenvalue weighted by Crippen LogP contribution is 2.46. The van der Waals surface area contributed by atoms with Crippen LogP contribution in [0.3, 0.4) is 0 Å². The predicted octanol–water partition coefficient (Wildman–Crippen LogP) is 3.89. The third-order valence-electron chi connectivity index (χ3n) is 5.40. The van der Waals surface area contributed by atoms with Gasteiger partial charge in [0.2, 0.25) is 0 Å². The van der Waals surface area contributed by atoms with Crippen molar-refractivity contribution in [3.63, 3.8) is 0 Å². The number of nitrogens with zero attached hydrogens (tertiary/aromatic N) is 2. The van der Waals surface area contributed by atoms with E-state index in [0.29, 0.717) is 18.7 Å². The number of ether oxygens (including phenoxy) is 1. The molecule has 2 atom stereocenters. The van der Waals surface area contributed by atoms with Gasteiger partial charge < -0.3 is 19.2 Å². The van der Waals surface area contributed by atoms with Crippen molar-refractivity contribution in [1.82, 2.24) is 9.88 Å². The number of hydrogen-bond donors (Lipinski definition) is 1. The first kappa shape index (κ1) is 17.3. The van der Waals surface area contributed by atoms with Gasteiger partial charge in [0.15, 0.2) is 11.5 Å². The van der Waals surface area contributed by atoms with Crippen LogP contribution in [0.5, 0.6) is 0 Å². The lowest BCUT2D eigenvalue weighted by atomic mass is 9.80. The zero-order chi connectivity index (χ0) is 18.7. The normalized spacial score (nSPS) is 28.6. The van der Waals surface area contributed by atoms with E-state index in [2.05, 4.69) is 4.98 Å². The van der Waals surface area contributed by atoms with Gasteiger partial charge in [-0.3, -0.25) is 0 Å². The van der Waals surface area contributed by atoms with Gasteiger partial charge in [-0.25, -0.2) is 9.78 Å². The van der Waals surface area contributed by atoms with Gasteiger partial charge in [-0.05, 0) is 51.3 Å². The maximum Gasteiger partial charge on any atom is 0.410 e. The number of rotatable bonds is 1. The molecule has 3 heterocycles. The first-order valence-corrected chi connectivity index (χ1v) is 9.26. The quantitative estimate of drug-likeness (QED) is 0.837. The van der Waals surface area contributed by atoms with Gasteiger partial charge in [0, 0.05) is 31.8 Å². The number of piperidine rings is 1. The molecule has 2 aliphatic rings. The van der Waals surface area contributed by atoms with E-state index in [-0.39, 0.29) is 18.2 Å². The van der Waals surface area contributed by atoms with Crippen LogP contribution in [0, 0.1) is 6.92 Å². The Morgan fingerprint density at radius 1 is 1.31 bits per heavy atom. The summed E-state index contributed by atoms with van der Waals surface area (Å²) in [6, 6.07) is 5.70. The largest absolute Gasteiger partial charge is 0.444 e. The van der Waals surface area contributed by atoms with Crippen LogP contribution in [-0.2, 0) is 10.3 Å². The molecule has 0 saturated carbocycles. The molecule has 2 aromatic rings. The predicted molar refractivity (Wildman–Crippen MR) is 96.8 cm³/mol. The number of fused-ring (bicyclic) bond motifs is 3. The summed E-state index contributed by atoms with van der Waals surface area (Å²) in [7, 11) is 0. The van der Waals surface area contributed by atoms with Gasteiger partial charge in [-0.15, -0.1) is 0 Å². The molecule has 2 unspecified atom stereocenters. The number of carbonyl (C=O) groups excluding carboxylic acids is 1. The Morgan fingerprint density at radius 2 is 1.96 bits per heavy atom. The SMILES string of the molecule is Cc1nc2cc(C3(O)CC4CCC(C3)N4C(=O)OC(C)(C)C)ccc2o1. The second kappa shape index (κ2) is 5.71. The van der Waals surface area contributed by atoms with Gasteiger partial charge in [-0.1, -0.05) is 6.07 Å². The first-order valence-electron chi connectivity index (χ1n) is 9.26. The molecular formula is C20H26N2O4. The average Bonchev–Trinajstić information content (AvgIpc) is 3.02. The van der Waals surface area contributed by atoms with Crippen molar-refractivity contribution in [3.8, 4) is 0 Å². The average molecular weight is 358 g/mol. The molecule has 2 bridgehead atoms. The number of aryl methyl sites for hydroxylation is 1. The molecule has 0 spiro atoms. The minimum absolute atomic E-state index is 0.00309. The van der Waals surface area contributed by atoms with E-state index in [0.717, 1.165) is 29.5 Å². The summed E-state index contributed by atoms with van der Waals surface area (Å²) in [5, 5.41) is 11.4. The summed E-state index contributed by atoms with van der Waals surface area (Å²) >= 11 is 0. The zero-order valence-corrected chi connectivity index (χ0v) is 15.8. The molecular weight excluding hydrogens is 332 g/mol. The van der Waals surface area contributed by atoms with Gasteiger partial charge in [0.05, 0.1) is 5.60 Å². The van der Waals surface area contributed by atoms with Crippen LogP contribution in [-0.4, -0.2) is 38.8 Å². The lowest BCUT2D eigenvalue weighted by molar-refractivity contribution is -0.0623. The molecule has 26 heavy (non-hydrogen) atoms. The third-order valence-corrected chi connectivity index (χ3v) is 5.40. The van der Waals surface area contributed by atoms with Crippen LogP contribution in [0.1, 0.15) is 57.9 Å².